The minimum absolute atomic E-state index is 0.0762. The number of hydrogen-bond donors (Lipinski definition) is 0. The van der Waals surface area contributed by atoms with Crippen molar-refractivity contribution in [2.45, 2.75) is 58.4 Å². The Morgan fingerprint density at radius 2 is 1.90 bits per heavy atom. The van der Waals surface area contributed by atoms with Crippen LogP contribution in [0.5, 0.6) is 5.75 Å². The van der Waals surface area contributed by atoms with Crippen LogP contribution in [0.15, 0.2) is 40.5 Å². The van der Waals surface area contributed by atoms with Gasteiger partial charge in [-0.3, -0.25) is 14.5 Å². The predicted molar refractivity (Wildman–Crippen MR) is 110 cm³/mol. The molecule has 7 nitrogen and oxygen atoms in total. The maximum absolute atomic E-state index is 13.0. The molecule has 0 aliphatic carbocycles. The molecular formula is C21H24N2O5S. The Hall–Kier alpha value is -2.61. The molecule has 2 aliphatic heterocycles. The van der Waals surface area contributed by atoms with Crippen LogP contribution in [0.1, 0.15) is 52.6 Å². The molecule has 1 aromatic rings. The third-order valence-electron chi connectivity index (χ3n) is 4.54. The van der Waals surface area contributed by atoms with E-state index in [9.17, 15) is 14.4 Å². The second kappa shape index (κ2) is 8.41. The predicted octanol–water partition coefficient (Wildman–Crippen LogP) is 3.60. The number of carbonyl (C=O) groups excluding carboxylic acids is 3. The standard InChI is InChI=1S/C21H24N2O5S/c1-6-16-19(25)23-18(14-7-9-15(10-8-14)28-13(5)24)17(20(26)27-11(2)3)12(4)22-21(23)29-16/h7-11,16,18H,6H2,1-5H3. The zero-order chi connectivity index (χ0) is 21.3. The average Bonchev–Trinajstić information content (AvgIpc) is 2.95. The third-order valence-corrected chi connectivity index (χ3v) is 5.86. The molecule has 8 heteroatoms. The van der Waals surface area contributed by atoms with E-state index < -0.39 is 18.0 Å². The Bertz CT molecular complexity index is 904. The first-order valence-corrected chi connectivity index (χ1v) is 10.4. The van der Waals surface area contributed by atoms with Crippen molar-refractivity contribution in [3.8, 4) is 5.75 Å². The average molecular weight is 416 g/mol. The van der Waals surface area contributed by atoms with Crippen LogP contribution in [0.3, 0.4) is 0 Å². The fourth-order valence-corrected chi connectivity index (χ4v) is 4.46. The Labute approximate surface area is 174 Å². The summed E-state index contributed by atoms with van der Waals surface area (Å²) in [6.45, 7) is 8.59. The van der Waals surface area contributed by atoms with Crippen LogP contribution in [0.25, 0.3) is 0 Å². The summed E-state index contributed by atoms with van der Waals surface area (Å²) in [5.74, 6) is -0.593. The van der Waals surface area contributed by atoms with E-state index in [1.807, 2.05) is 6.92 Å². The molecular weight excluding hydrogens is 392 g/mol. The van der Waals surface area contributed by atoms with Crippen LogP contribution in [-0.2, 0) is 19.1 Å². The molecule has 0 spiro atoms. The highest BCUT2D eigenvalue weighted by Crippen LogP contribution is 2.44. The van der Waals surface area contributed by atoms with E-state index in [4.69, 9.17) is 9.47 Å². The number of esters is 2. The third kappa shape index (κ3) is 4.22. The van der Waals surface area contributed by atoms with Gasteiger partial charge in [0.25, 0.3) is 0 Å². The first-order chi connectivity index (χ1) is 13.7. The van der Waals surface area contributed by atoms with Gasteiger partial charge in [0.05, 0.1) is 28.7 Å². The molecule has 29 heavy (non-hydrogen) atoms. The Kier molecular flexibility index (Phi) is 6.12. The lowest BCUT2D eigenvalue weighted by Gasteiger charge is -2.33. The number of amides is 1. The van der Waals surface area contributed by atoms with Gasteiger partial charge >= 0.3 is 11.9 Å². The van der Waals surface area contributed by atoms with Gasteiger partial charge in [-0.1, -0.05) is 30.8 Å². The van der Waals surface area contributed by atoms with Gasteiger partial charge in [0, 0.05) is 6.92 Å². The van der Waals surface area contributed by atoms with Crippen LogP contribution in [0.4, 0.5) is 0 Å². The lowest BCUT2D eigenvalue weighted by atomic mass is 9.94. The van der Waals surface area contributed by atoms with Gasteiger partial charge in [0.1, 0.15) is 5.75 Å². The minimum Gasteiger partial charge on any atom is -0.459 e. The van der Waals surface area contributed by atoms with Gasteiger partial charge in [-0.25, -0.2) is 9.79 Å². The molecule has 2 unspecified atom stereocenters. The largest absolute Gasteiger partial charge is 0.459 e. The molecule has 0 bridgehead atoms. The summed E-state index contributed by atoms with van der Waals surface area (Å²) < 4.78 is 10.5. The molecule has 2 atom stereocenters. The van der Waals surface area contributed by atoms with E-state index in [0.29, 0.717) is 34.2 Å². The zero-order valence-electron chi connectivity index (χ0n) is 17.1. The van der Waals surface area contributed by atoms with Gasteiger partial charge in [-0.15, -0.1) is 0 Å². The van der Waals surface area contributed by atoms with Gasteiger partial charge in [0.2, 0.25) is 5.91 Å². The monoisotopic (exact) mass is 416 g/mol. The van der Waals surface area contributed by atoms with Crippen molar-refractivity contribution in [2.24, 2.45) is 4.99 Å². The molecule has 0 N–H and O–H groups in total. The van der Waals surface area contributed by atoms with E-state index in [0.717, 1.165) is 0 Å². The summed E-state index contributed by atoms with van der Waals surface area (Å²) in [4.78, 5) is 43.2. The summed E-state index contributed by atoms with van der Waals surface area (Å²) in [7, 11) is 0. The molecule has 1 aromatic carbocycles. The quantitative estimate of drug-likeness (QED) is 0.539. The second-order valence-corrected chi connectivity index (χ2v) is 8.31. The SMILES string of the molecule is CCC1SC2=NC(C)=C(C(=O)OC(C)C)C(c3ccc(OC(C)=O)cc3)N2C1=O. The lowest BCUT2D eigenvalue weighted by molar-refractivity contribution is -0.143. The topological polar surface area (TPSA) is 85.3 Å². The summed E-state index contributed by atoms with van der Waals surface area (Å²) >= 11 is 1.41. The van der Waals surface area contributed by atoms with Gasteiger partial charge in [0.15, 0.2) is 5.17 Å². The van der Waals surface area contributed by atoms with Crippen molar-refractivity contribution < 1.29 is 23.9 Å². The number of fused-ring (bicyclic) bond motifs is 1. The van der Waals surface area contributed by atoms with Crippen molar-refractivity contribution in [1.29, 1.82) is 0 Å². The van der Waals surface area contributed by atoms with Gasteiger partial charge in [-0.2, -0.15) is 0 Å². The second-order valence-electron chi connectivity index (χ2n) is 7.14. The van der Waals surface area contributed by atoms with E-state index >= 15 is 0 Å². The number of benzene rings is 1. The molecule has 1 fully saturated rings. The molecule has 2 aliphatic rings. The highest BCUT2D eigenvalue weighted by atomic mass is 32.2. The Morgan fingerprint density at radius 1 is 1.24 bits per heavy atom. The van der Waals surface area contributed by atoms with E-state index in [1.54, 1.807) is 49.9 Å². The van der Waals surface area contributed by atoms with Gasteiger partial charge in [-0.05, 0) is 44.9 Å². The molecule has 2 heterocycles. The van der Waals surface area contributed by atoms with Gasteiger partial charge < -0.3 is 9.47 Å². The van der Waals surface area contributed by atoms with Crippen LogP contribution in [-0.4, -0.2) is 39.3 Å². The zero-order valence-corrected chi connectivity index (χ0v) is 17.9. The lowest BCUT2D eigenvalue weighted by Crippen LogP contribution is -2.41. The number of thioether (sulfide) groups is 1. The van der Waals surface area contributed by atoms with Crippen LogP contribution in [0, 0.1) is 0 Å². The fourth-order valence-electron chi connectivity index (χ4n) is 3.33. The molecule has 1 amide bonds. The van der Waals surface area contributed by atoms with E-state index in [-0.39, 0.29) is 17.3 Å². The first-order valence-electron chi connectivity index (χ1n) is 9.51. The number of amidine groups is 1. The summed E-state index contributed by atoms with van der Waals surface area (Å²) in [6.07, 6.45) is 0.370. The molecule has 0 aromatic heterocycles. The number of nitrogens with zero attached hydrogens (tertiary/aromatic N) is 2. The highest BCUT2D eigenvalue weighted by molar-refractivity contribution is 8.15. The van der Waals surface area contributed by atoms with Crippen molar-refractivity contribution >= 4 is 34.8 Å². The Morgan fingerprint density at radius 3 is 2.45 bits per heavy atom. The van der Waals surface area contributed by atoms with Crippen molar-refractivity contribution in [3.63, 3.8) is 0 Å². The number of allylic oxidation sites excluding steroid dienone is 1. The molecule has 3 rings (SSSR count). The number of hydrogen-bond acceptors (Lipinski definition) is 7. The Balaban J connectivity index is 2.07. The first kappa shape index (κ1) is 21.1. The maximum atomic E-state index is 13.0. The van der Waals surface area contributed by atoms with Crippen molar-refractivity contribution in [2.75, 3.05) is 0 Å². The normalized spacial score (nSPS) is 21.2. The van der Waals surface area contributed by atoms with Crippen molar-refractivity contribution in [3.05, 3.63) is 41.1 Å². The number of aliphatic imine (C=N–C) groups is 1. The smallest absolute Gasteiger partial charge is 0.338 e. The van der Waals surface area contributed by atoms with E-state index in [1.165, 1.54) is 18.7 Å². The molecule has 1 saturated heterocycles. The molecule has 0 radical (unpaired) electrons. The number of carbonyl (C=O) groups is 3. The highest BCUT2D eigenvalue weighted by Gasteiger charge is 2.47. The fraction of sp³-hybridized carbons (Fsp3) is 0.429. The molecule has 154 valence electrons. The van der Waals surface area contributed by atoms with Crippen LogP contribution < -0.4 is 4.74 Å². The van der Waals surface area contributed by atoms with Crippen molar-refractivity contribution in [1.82, 2.24) is 4.90 Å². The number of ether oxygens (including phenoxy) is 2. The summed E-state index contributed by atoms with van der Waals surface area (Å²) in [5, 5.41) is 0.361. The van der Waals surface area contributed by atoms with Crippen LogP contribution in [0.2, 0.25) is 0 Å². The molecule has 0 saturated carbocycles. The summed E-state index contributed by atoms with van der Waals surface area (Å²) in [6, 6.07) is 6.15. The minimum atomic E-state index is -0.642. The number of rotatable bonds is 5. The van der Waals surface area contributed by atoms with E-state index in [2.05, 4.69) is 4.99 Å². The summed E-state index contributed by atoms with van der Waals surface area (Å²) in [5.41, 5.74) is 1.59. The van der Waals surface area contributed by atoms with Crippen LogP contribution >= 0.6 is 11.8 Å². The maximum Gasteiger partial charge on any atom is 0.338 e.